The van der Waals surface area contributed by atoms with Crippen LogP contribution in [-0.2, 0) is 20.9 Å². The molecule has 0 aliphatic heterocycles. The molecule has 10 nitrogen and oxygen atoms in total. The molecule has 35 heavy (non-hydrogen) atoms. The van der Waals surface area contributed by atoms with Crippen LogP contribution in [0.4, 0.5) is 22.2 Å². The predicted molar refractivity (Wildman–Crippen MR) is 138 cm³/mol. The zero-order chi connectivity index (χ0) is 24.7. The topological polar surface area (TPSA) is 134 Å². The Kier molecular flexibility index (Phi) is 7.73. The van der Waals surface area contributed by atoms with Crippen LogP contribution < -0.4 is 10.6 Å². The summed E-state index contributed by atoms with van der Waals surface area (Å²) in [4.78, 5) is 29.4. The van der Waals surface area contributed by atoms with Gasteiger partial charge in [0.05, 0.1) is 28.2 Å². The third-order valence-electron chi connectivity index (χ3n) is 4.88. The molecule has 0 aliphatic carbocycles. The lowest BCUT2D eigenvalue weighted by Crippen LogP contribution is -2.09. The first-order valence-electron chi connectivity index (χ1n) is 10.8. The van der Waals surface area contributed by atoms with Crippen molar-refractivity contribution in [1.82, 2.24) is 19.9 Å². The van der Waals surface area contributed by atoms with Crippen molar-refractivity contribution in [2.45, 2.75) is 18.2 Å². The van der Waals surface area contributed by atoms with E-state index in [-0.39, 0.29) is 6.61 Å². The third kappa shape index (κ3) is 6.43. The molecule has 12 heteroatoms. The van der Waals surface area contributed by atoms with Crippen LogP contribution in [0.25, 0.3) is 10.4 Å². The molecule has 3 aromatic heterocycles. The summed E-state index contributed by atoms with van der Waals surface area (Å²) in [6.45, 7) is 2.51. The van der Waals surface area contributed by atoms with E-state index in [1.54, 1.807) is 61.2 Å². The Morgan fingerprint density at radius 3 is 2.74 bits per heavy atom. The number of aromatic nitrogens is 4. The molecule has 0 bridgehead atoms. The summed E-state index contributed by atoms with van der Waals surface area (Å²) in [6.07, 6.45) is 6.57. The predicted octanol–water partition coefficient (Wildman–Crippen LogP) is 4.94. The van der Waals surface area contributed by atoms with Crippen molar-refractivity contribution in [2.24, 2.45) is 4.36 Å². The molecule has 4 rings (SSSR count). The van der Waals surface area contributed by atoms with Crippen molar-refractivity contribution in [2.75, 3.05) is 30.0 Å². The quantitative estimate of drug-likeness (QED) is 0.288. The number of carbonyl (C=O) groups excluding carboxylic acids is 1. The number of carbonyl (C=O) groups is 1. The summed E-state index contributed by atoms with van der Waals surface area (Å²) in [5.74, 6) is 1.13. The number of nitrogens with zero attached hydrogens (tertiary/aromatic N) is 4. The Labute approximate surface area is 207 Å². The van der Waals surface area contributed by atoms with Crippen molar-refractivity contribution in [1.29, 1.82) is 0 Å². The lowest BCUT2D eigenvalue weighted by molar-refractivity contribution is 0.164. The molecule has 182 valence electrons. The molecule has 0 spiro atoms. The highest BCUT2D eigenvalue weighted by atomic mass is 32.2. The van der Waals surface area contributed by atoms with E-state index in [9.17, 15) is 9.00 Å². The van der Waals surface area contributed by atoms with Gasteiger partial charge >= 0.3 is 6.09 Å². The van der Waals surface area contributed by atoms with E-state index in [2.05, 4.69) is 34.9 Å². The molecule has 3 N–H and O–H groups in total. The fourth-order valence-electron chi connectivity index (χ4n) is 3.19. The van der Waals surface area contributed by atoms with Gasteiger partial charge in [-0.3, -0.25) is 0 Å². The number of amides is 1. The molecule has 1 unspecified atom stereocenters. The number of ether oxygens (including phenoxy) is 1. The summed E-state index contributed by atoms with van der Waals surface area (Å²) >= 11 is 1.62. The number of H-pyrrole nitrogens is 1. The zero-order valence-corrected chi connectivity index (χ0v) is 20.9. The molecule has 1 amide bonds. The smallest absolute Gasteiger partial charge is 0.442 e. The monoisotopic (exact) mass is 511 g/mol. The lowest BCUT2D eigenvalue weighted by Gasteiger charge is -2.12. The van der Waals surface area contributed by atoms with Crippen LogP contribution in [0.15, 0.2) is 69.8 Å². The van der Waals surface area contributed by atoms with Gasteiger partial charge in [-0.1, -0.05) is 6.07 Å². The van der Waals surface area contributed by atoms with Gasteiger partial charge in [-0.05, 0) is 42.6 Å². The number of imidazole rings is 1. The highest BCUT2D eigenvalue weighted by Gasteiger charge is 2.13. The van der Waals surface area contributed by atoms with Crippen molar-refractivity contribution in [3.63, 3.8) is 0 Å². The first kappa shape index (κ1) is 24.4. The molecule has 0 saturated heterocycles. The second-order valence-corrected chi connectivity index (χ2v) is 10.6. The van der Waals surface area contributed by atoms with Crippen LogP contribution in [0.2, 0.25) is 0 Å². The van der Waals surface area contributed by atoms with Gasteiger partial charge in [0.2, 0.25) is 5.95 Å². The maximum Gasteiger partial charge on any atom is 0.442 e. The van der Waals surface area contributed by atoms with Crippen LogP contribution in [0.5, 0.6) is 0 Å². The minimum atomic E-state index is -2.91. The van der Waals surface area contributed by atoms with Gasteiger partial charge in [0.15, 0.2) is 0 Å². The van der Waals surface area contributed by atoms with Gasteiger partial charge in [-0.25, -0.2) is 19.0 Å². The number of aromatic amines is 1. The fraction of sp³-hybridized carbons (Fsp3) is 0.217. The van der Waals surface area contributed by atoms with E-state index in [4.69, 9.17) is 4.74 Å². The summed E-state index contributed by atoms with van der Waals surface area (Å²) in [5, 5.41) is 8.58. The average Bonchev–Trinajstić information content (AvgIpc) is 3.54. The van der Waals surface area contributed by atoms with Crippen molar-refractivity contribution < 1.29 is 13.7 Å². The molecule has 0 fully saturated rings. The van der Waals surface area contributed by atoms with E-state index >= 15 is 0 Å². The number of anilines is 3. The molecule has 4 aromatic rings. The third-order valence-corrected chi connectivity index (χ3v) is 7.43. The molecule has 1 atom stereocenters. The summed E-state index contributed by atoms with van der Waals surface area (Å²) in [6, 6.07) is 10.8. The van der Waals surface area contributed by atoms with Gasteiger partial charge in [0, 0.05) is 52.8 Å². The van der Waals surface area contributed by atoms with Crippen molar-refractivity contribution in [3.05, 3.63) is 66.2 Å². The van der Waals surface area contributed by atoms with Gasteiger partial charge in [-0.2, -0.15) is 4.98 Å². The minimum absolute atomic E-state index is 0.173. The van der Waals surface area contributed by atoms with Crippen molar-refractivity contribution in [3.8, 4) is 10.4 Å². The number of rotatable bonds is 9. The van der Waals surface area contributed by atoms with Crippen LogP contribution in [0.3, 0.4) is 0 Å². The molecule has 3 heterocycles. The highest BCUT2D eigenvalue weighted by molar-refractivity contribution is 7.93. The van der Waals surface area contributed by atoms with Crippen LogP contribution in [0.1, 0.15) is 12.6 Å². The van der Waals surface area contributed by atoms with Gasteiger partial charge in [0.1, 0.15) is 5.82 Å². The maximum absolute atomic E-state index is 12.8. The van der Waals surface area contributed by atoms with Gasteiger partial charge in [-0.15, -0.1) is 15.7 Å². The molecule has 0 saturated carbocycles. The number of hydrogen-bond donors (Lipinski definition) is 3. The van der Waals surface area contributed by atoms with Gasteiger partial charge in [0.25, 0.3) is 0 Å². The van der Waals surface area contributed by atoms with Crippen LogP contribution in [-0.4, -0.2) is 49.6 Å². The molecular formula is C23H25N7O3S2. The minimum Gasteiger partial charge on any atom is -0.448 e. The summed E-state index contributed by atoms with van der Waals surface area (Å²) < 4.78 is 21.3. The van der Waals surface area contributed by atoms with E-state index in [1.165, 1.54) is 6.26 Å². The first-order valence-corrected chi connectivity index (χ1v) is 13.6. The second-order valence-electron chi connectivity index (χ2n) is 7.43. The number of benzene rings is 1. The first-order chi connectivity index (χ1) is 16.9. The summed E-state index contributed by atoms with van der Waals surface area (Å²) in [7, 11) is -2.91. The van der Waals surface area contributed by atoms with Crippen LogP contribution in [0, 0.1) is 0 Å². The maximum atomic E-state index is 12.8. The number of thiophene rings is 1. The Morgan fingerprint density at radius 2 is 2.06 bits per heavy atom. The van der Waals surface area contributed by atoms with E-state index in [0.29, 0.717) is 28.9 Å². The van der Waals surface area contributed by atoms with Crippen molar-refractivity contribution >= 4 is 44.6 Å². The summed E-state index contributed by atoms with van der Waals surface area (Å²) in [5.41, 5.74) is 2.65. The average molecular weight is 512 g/mol. The SMILES string of the molecule is CCOC(=O)N=S(C)(=O)c1ccc(Nc2ncc(-c3cccs3)c(NCCc3cnc[nH]3)n2)cc1. The fourth-order valence-corrected chi connectivity index (χ4v) is 5.01. The normalized spacial score (nSPS) is 12.5. The van der Waals surface area contributed by atoms with E-state index in [0.717, 1.165) is 22.6 Å². The lowest BCUT2D eigenvalue weighted by atomic mass is 10.2. The van der Waals surface area contributed by atoms with Gasteiger partial charge < -0.3 is 20.4 Å². The standard InChI is InChI=1S/C23H25N7O3S2/c1-3-33-23(31)30-35(2,32)18-8-6-16(7-9-18)28-22-26-14-19(20-5-4-12-34-20)21(29-22)25-11-10-17-13-24-15-27-17/h4-9,12-15H,3,10-11H2,1-2H3,(H,24,27)(H2,25,26,28,29). The largest absolute Gasteiger partial charge is 0.448 e. The highest BCUT2D eigenvalue weighted by Crippen LogP contribution is 2.31. The molecule has 0 radical (unpaired) electrons. The van der Waals surface area contributed by atoms with E-state index < -0.39 is 15.8 Å². The Hall–Kier alpha value is -3.77. The second kappa shape index (κ2) is 11.1. The zero-order valence-electron chi connectivity index (χ0n) is 19.2. The molecular weight excluding hydrogens is 486 g/mol. The molecule has 1 aromatic carbocycles. The Bertz CT molecular complexity index is 1380. The number of nitrogens with one attached hydrogen (secondary N) is 3. The Balaban J connectivity index is 1.51. The number of hydrogen-bond acceptors (Lipinski definition) is 9. The van der Waals surface area contributed by atoms with Crippen LogP contribution >= 0.6 is 11.3 Å². The Morgan fingerprint density at radius 1 is 1.23 bits per heavy atom. The van der Waals surface area contributed by atoms with E-state index in [1.807, 2.05) is 17.5 Å². The molecule has 0 aliphatic rings.